The van der Waals surface area contributed by atoms with Gasteiger partial charge in [0.1, 0.15) is 17.5 Å². The maximum absolute atomic E-state index is 4.61. The van der Waals surface area contributed by atoms with Gasteiger partial charge in [-0.25, -0.2) is 9.97 Å². The summed E-state index contributed by atoms with van der Waals surface area (Å²) in [6, 6.07) is 1.24. The van der Waals surface area contributed by atoms with Crippen LogP contribution in [0.3, 0.4) is 0 Å². The number of hydrogen-bond acceptors (Lipinski definition) is 5. The van der Waals surface area contributed by atoms with Crippen molar-refractivity contribution in [1.82, 2.24) is 14.9 Å². The first kappa shape index (κ1) is 13.6. The number of hydrogen-bond donors (Lipinski definition) is 2. The lowest BCUT2D eigenvalue weighted by molar-refractivity contribution is 0.318. The van der Waals surface area contributed by atoms with Gasteiger partial charge in [0.05, 0.1) is 0 Å². The molecule has 0 bridgehead atoms. The average Bonchev–Trinajstić information content (AvgIpc) is 3.00. The van der Waals surface area contributed by atoms with Crippen LogP contribution < -0.4 is 10.6 Å². The second kappa shape index (κ2) is 5.56. The molecule has 2 N–H and O–H groups in total. The molecule has 1 aromatic heterocycles. The van der Waals surface area contributed by atoms with Gasteiger partial charge in [0, 0.05) is 30.7 Å². The SMILES string of the molecule is CCNc1nc(C)nc(NC2CCN3CCCC23)c1C. The molecule has 1 aromatic rings. The van der Waals surface area contributed by atoms with Crippen molar-refractivity contribution in [2.75, 3.05) is 30.3 Å². The van der Waals surface area contributed by atoms with E-state index in [1.54, 1.807) is 0 Å². The summed E-state index contributed by atoms with van der Waals surface area (Å²) in [5, 5.41) is 7.01. The third kappa shape index (κ3) is 2.46. The first-order valence-electron chi connectivity index (χ1n) is 7.78. The van der Waals surface area contributed by atoms with E-state index in [9.17, 15) is 0 Å². The molecule has 2 saturated heterocycles. The van der Waals surface area contributed by atoms with Crippen LogP contribution in [-0.4, -0.2) is 46.6 Å². The maximum Gasteiger partial charge on any atom is 0.135 e. The summed E-state index contributed by atoms with van der Waals surface area (Å²) in [4.78, 5) is 11.7. The summed E-state index contributed by atoms with van der Waals surface area (Å²) in [5.74, 6) is 2.80. The topological polar surface area (TPSA) is 53.1 Å². The van der Waals surface area contributed by atoms with Crippen LogP contribution in [0.4, 0.5) is 11.6 Å². The number of nitrogens with zero attached hydrogens (tertiary/aromatic N) is 3. The van der Waals surface area contributed by atoms with Gasteiger partial charge in [-0.05, 0) is 46.6 Å². The van der Waals surface area contributed by atoms with Crippen LogP contribution >= 0.6 is 0 Å². The van der Waals surface area contributed by atoms with Crippen LogP contribution in [0.5, 0.6) is 0 Å². The Kier molecular flexibility index (Phi) is 3.78. The molecule has 0 aliphatic carbocycles. The lowest BCUT2D eigenvalue weighted by Crippen LogP contribution is -2.34. The smallest absolute Gasteiger partial charge is 0.135 e. The summed E-state index contributed by atoms with van der Waals surface area (Å²) in [5.41, 5.74) is 1.13. The largest absolute Gasteiger partial charge is 0.370 e. The van der Waals surface area contributed by atoms with Crippen LogP contribution in [-0.2, 0) is 0 Å². The van der Waals surface area contributed by atoms with Crippen molar-refractivity contribution in [3.63, 3.8) is 0 Å². The zero-order valence-corrected chi connectivity index (χ0v) is 12.7. The number of aromatic nitrogens is 2. The Morgan fingerprint density at radius 3 is 2.75 bits per heavy atom. The third-order valence-corrected chi connectivity index (χ3v) is 4.53. The van der Waals surface area contributed by atoms with Gasteiger partial charge in [0.25, 0.3) is 0 Å². The molecule has 5 nitrogen and oxygen atoms in total. The molecule has 2 aliphatic rings. The van der Waals surface area contributed by atoms with E-state index in [0.717, 1.165) is 29.6 Å². The third-order valence-electron chi connectivity index (χ3n) is 4.53. The van der Waals surface area contributed by atoms with Gasteiger partial charge in [-0.15, -0.1) is 0 Å². The van der Waals surface area contributed by atoms with Crippen LogP contribution in [0.25, 0.3) is 0 Å². The fraction of sp³-hybridized carbons (Fsp3) is 0.733. The first-order chi connectivity index (χ1) is 9.69. The van der Waals surface area contributed by atoms with Gasteiger partial charge in [-0.3, -0.25) is 4.90 Å². The average molecular weight is 275 g/mol. The van der Waals surface area contributed by atoms with Crippen LogP contribution in [0.2, 0.25) is 0 Å². The van der Waals surface area contributed by atoms with Gasteiger partial charge in [-0.2, -0.15) is 0 Å². The number of rotatable bonds is 4. The molecule has 0 radical (unpaired) electrons. The molecule has 2 aliphatic heterocycles. The molecule has 3 heterocycles. The zero-order chi connectivity index (χ0) is 14.1. The molecule has 0 saturated carbocycles. The minimum atomic E-state index is 0.542. The van der Waals surface area contributed by atoms with Gasteiger partial charge in [-0.1, -0.05) is 0 Å². The molecule has 0 amide bonds. The van der Waals surface area contributed by atoms with E-state index in [1.807, 2.05) is 6.92 Å². The highest BCUT2D eigenvalue weighted by molar-refractivity contribution is 5.57. The van der Waals surface area contributed by atoms with Gasteiger partial charge in [0.15, 0.2) is 0 Å². The van der Waals surface area contributed by atoms with E-state index in [0.29, 0.717) is 12.1 Å². The van der Waals surface area contributed by atoms with E-state index < -0.39 is 0 Å². The van der Waals surface area contributed by atoms with Crippen LogP contribution in [0, 0.1) is 13.8 Å². The molecule has 0 spiro atoms. The predicted octanol–water partition coefficient (Wildman–Crippen LogP) is 2.17. The Hall–Kier alpha value is -1.36. The van der Waals surface area contributed by atoms with E-state index in [4.69, 9.17) is 0 Å². The number of anilines is 2. The first-order valence-corrected chi connectivity index (χ1v) is 7.78. The summed E-state index contributed by atoms with van der Waals surface area (Å²) < 4.78 is 0. The summed E-state index contributed by atoms with van der Waals surface area (Å²) in [6.45, 7) is 9.54. The van der Waals surface area contributed by atoms with Gasteiger partial charge < -0.3 is 10.6 Å². The van der Waals surface area contributed by atoms with Crippen LogP contribution in [0.15, 0.2) is 0 Å². The Labute approximate surface area is 121 Å². The van der Waals surface area contributed by atoms with Crippen molar-refractivity contribution in [3.05, 3.63) is 11.4 Å². The molecule has 110 valence electrons. The van der Waals surface area contributed by atoms with Crippen molar-refractivity contribution in [2.45, 2.75) is 52.1 Å². The summed E-state index contributed by atoms with van der Waals surface area (Å²) in [6.07, 6.45) is 3.89. The number of fused-ring (bicyclic) bond motifs is 1. The standard InChI is InChI=1S/C15H25N5/c1-4-16-14-10(2)15(18-11(3)17-14)19-12-7-9-20-8-5-6-13(12)20/h12-13H,4-9H2,1-3H3,(H2,16,17,18,19). The highest BCUT2D eigenvalue weighted by atomic mass is 15.2. The monoisotopic (exact) mass is 275 g/mol. The van der Waals surface area contributed by atoms with E-state index in [1.165, 1.54) is 32.4 Å². The molecule has 3 rings (SSSR count). The summed E-state index contributed by atoms with van der Waals surface area (Å²) >= 11 is 0. The van der Waals surface area contributed by atoms with E-state index in [-0.39, 0.29) is 0 Å². The van der Waals surface area contributed by atoms with Crippen molar-refractivity contribution >= 4 is 11.6 Å². The molecule has 2 unspecified atom stereocenters. The molecule has 5 heteroatoms. The fourth-order valence-corrected chi connectivity index (χ4v) is 3.54. The molecule has 2 fully saturated rings. The molecule has 20 heavy (non-hydrogen) atoms. The van der Waals surface area contributed by atoms with Gasteiger partial charge in [0.2, 0.25) is 0 Å². The number of aryl methyl sites for hydroxylation is 1. The normalized spacial score (nSPS) is 25.8. The minimum Gasteiger partial charge on any atom is -0.370 e. The Balaban J connectivity index is 1.80. The molecular weight excluding hydrogens is 250 g/mol. The molecular formula is C15H25N5. The molecule has 0 aromatic carbocycles. The lowest BCUT2D eigenvalue weighted by atomic mass is 10.1. The number of nitrogens with one attached hydrogen (secondary N) is 2. The molecule has 2 atom stereocenters. The zero-order valence-electron chi connectivity index (χ0n) is 12.7. The van der Waals surface area contributed by atoms with Gasteiger partial charge >= 0.3 is 0 Å². The highest BCUT2D eigenvalue weighted by Gasteiger charge is 2.37. The maximum atomic E-state index is 4.61. The Morgan fingerprint density at radius 1 is 1.15 bits per heavy atom. The lowest BCUT2D eigenvalue weighted by Gasteiger charge is -2.23. The second-order valence-electron chi connectivity index (χ2n) is 5.91. The van der Waals surface area contributed by atoms with Crippen molar-refractivity contribution in [2.24, 2.45) is 0 Å². The van der Waals surface area contributed by atoms with Crippen molar-refractivity contribution in [3.8, 4) is 0 Å². The van der Waals surface area contributed by atoms with Crippen LogP contribution in [0.1, 0.15) is 37.6 Å². The van der Waals surface area contributed by atoms with E-state index in [2.05, 4.69) is 39.3 Å². The Morgan fingerprint density at radius 2 is 1.95 bits per heavy atom. The van der Waals surface area contributed by atoms with Crippen molar-refractivity contribution in [1.29, 1.82) is 0 Å². The quantitative estimate of drug-likeness (QED) is 0.882. The fourth-order valence-electron chi connectivity index (χ4n) is 3.54. The second-order valence-corrected chi connectivity index (χ2v) is 5.91. The Bertz CT molecular complexity index is 487. The van der Waals surface area contributed by atoms with Crippen molar-refractivity contribution < 1.29 is 0 Å². The van der Waals surface area contributed by atoms with E-state index >= 15 is 0 Å². The minimum absolute atomic E-state index is 0.542. The highest BCUT2D eigenvalue weighted by Crippen LogP contribution is 2.31. The summed E-state index contributed by atoms with van der Waals surface area (Å²) in [7, 11) is 0. The predicted molar refractivity (Wildman–Crippen MR) is 82.3 cm³/mol.